The number of carbonyl (C=O) groups is 1. The smallest absolute Gasteiger partial charge is 0.264 e. The van der Waals surface area contributed by atoms with Gasteiger partial charge in [0, 0.05) is 23.7 Å². The van der Waals surface area contributed by atoms with Crippen LogP contribution >= 0.6 is 0 Å². The Morgan fingerprint density at radius 2 is 1.66 bits per heavy atom. The SMILES string of the molecule is Cc1ccc(C=CC(=O)Nc2ccc(S(=O)(=O)Nc3nccc(C)n3)cc2)cc1. The molecule has 0 atom stereocenters. The first kappa shape index (κ1) is 20.2. The second kappa shape index (κ2) is 8.66. The molecular formula is C21H20N4O3S. The van der Waals surface area contributed by atoms with Gasteiger partial charge in [0.1, 0.15) is 0 Å². The van der Waals surface area contributed by atoms with Crippen LogP contribution in [0.25, 0.3) is 6.08 Å². The first-order valence-electron chi connectivity index (χ1n) is 8.80. The third-order valence-electron chi connectivity index (χ3n) is 3.96. The van der Waals surface area contributed by atoms with Crippen molar-refractivity contribution in [3.8, 4) is 0 Å². The van der Waals surface area contributed by atoms with Gasteiger partial charge in [-0.15, -0.1) is 0 Å². The Morgan fingerprint density at radius 3 is 2.31 bits per heavy atom. The normalized spacial score (nSPS) is 11.4. The molecule has 3 aromatic rings. The van der Waals surface area contributed by atoms with Gasteiger partial charge in [0.15, 0.2) is 0 Å². The minimum Gasteiger partial charge on any atom is -0.323 e. The van der Waals surface area contributed by atoms with Gasteiger partial charge in [0.05, 0.1) is 4.90 Å². The van der Waals surface area contributed by atoms with Crippen LogP contribution in [0.15, 0.2) is 71.8 Å². The summed E-state index contributed by atoms with van der Waals surface area (Å²) in [5, 5.41) is 2.69. The molecule has 0 radical (unpaired) electrons. The number of anilines is 2. The number of sulfonamides is 1. The molecule has 29 heavy (non-hydrogen) atoms. The third-order valence-corrected chi connectivity index (χ3v) is 5.30. The summed E-state index contributed by atoms with van der Waals surface area (Å²) in [6, 6.07) is 15.3. The van der Waals surface area contributed by atoms with E-state index in [2.05, 4.69) is 20.0 Å². The van der Waals surface area contributed by atoms with E-state index < -0.39 is 10.0 Å². The Labute approximate surface area is 169 Å². The summed E-state index contributed by atoms with van der Waals surface area (Å²) in [6.45, 7) is 3.73. The zero-order valence-corrected chi connectivity index (χ0v) is 16.8. The third kappa shape index (κ3) is 5.73. The molecule has 0 aliphatic heterocycles. The van der Waals surface area contributed by atoms with Crippen molar-refractivity contribution in [2.24, 2.45) is 0 Å². The summed E-state index contributed by atoms with van der Waals surface area (Å²) in [5.74, 6) is -0.309. The number of amides is 1. The van der Waals surface area contributed by atoms with Crippen LogP contribution in [0, 0.1) is 13.8 Å². The van der Waals surface area contributed by atoms with E-state index in [1.165, 1.54) is 36.5 Å². The molecule has 3 rings (SSSR count). The Kier molecular flexibility index (Phi) is 6.04. The van der Waals surface area contributed by atoms with Gasteiger partial charge in [-0.3, -0.25) is 4.79 Å². The predicted molar refractivity (Wildman–Crippen MR) is 113 cm³/mol. The number of aromatic nitrogens is 2. The zero-order chi connectivity index (χ0) is 20.9. The highest BCUT2D eigenvalue weighted by Gasteiger charge is 2.15. The Hall–Kier alpha value is -3.52. The lowest BCUT2D eigenvalue weighted by molar-refractivity contribution is -0.111. The maximum absolute atomic E-state index is 12.4. The van der Waals surface area contributed by atoms with E-state index in [0.717, 1.165) is 11.1 Å². The molecule has 0 saturated heterocycles. The molecule has 0 spiro atoms. The molecular weight excluding hydrogens is 388 g/mol. The number of hydrogen-bond donors (Lipinski definition) is 2. The van der Waals surface area contributed by atoms with Crippen molar-refractivity contribution in [2.45, 2.75) is 18.7 Å². The highest BCUT2D eigenvalue weighted by atomic mass is 32.2. The number of nitrogens with zero attached hydrogens (tertiary/aromatic N) is 2. The van der Waals surface area contributed by atoms with E-state index in [1.54, 1.807) is 19.1 Å². The van der Waals surface area contributed by atoms with Gasteiger partial charge in [-0.25, -0.2) is 23.1 Å². The number of rotatable bonds is 6. The number of carbonyl (C=O) groups excluding carboxylic acids is 1. The lowest BCUT2D eigenvalue weighted by Crippen LogP contribution is -2.15. The van der Waals surface area contributed by atoms with E-state index in [4.69, 9.17) is 0 Å². The summed E-state index contributed by atoms with van der Waals surface area (Å²) < 4.78 is 27.2. The minimum atomic E-state index is -3.83. The summed E-state index contributed by atoms with van der Waals surface area (Å²) >= 11 is 0. The molecule has 1 amide bonds. The summed E-state index contributed by atoms with van der Waals surface area (Å²) in [5.41, 5.74) is 3.19. The van der Waals surface area contributed by atoms with Crippen LogP contribution in [0.1, 0.15) is 16.8 Å². The van der Waals surface area contributed by atoms with Crippen LogP contribution in [0.4, 0.5) is 11.6 Å². The molecule has 0 unspecified atom stereocenters. The molecule has 0 aliphatic rings. The molecule has 0 bridgehead atoms. The lowest BCUT2D eigenvalue weighted by atomic mass is 10.1. The van der Waals surface area contributed by atoms with Crippen molar-refractivity contribution in [1.29, 1.82) is 0 Å². The van der Waals surface area contributed by atoms with Crippen molar-refractivity contribution in [3.05, 3.63) is 83.7 Å². The molecule has 7 nitrogen and oxygen atoms in total. The van der Waals surface area contributed by atoms with Crippen molar-refractivity contribution >= 4 is 33.6 Å². The van der Waals surface area contributed by atoms with Crippen LogP contribution in [-0.2, 0) is 14.8 Å². The van der Waals surface area contributed by atoms with Crippen molar-refractivity contribution in [3.63, 3.8) is 0 Å². The highest BCUT2D eigenvalue weighted by Crippen LogP contribution is 2.17. The maximum Gasteiger partial charge on any atom is 0.264 e. The monoisotopic (exact) mass is 408 g/mol. The first-order chi connectivity index (χ1) is 13.8. The topological polar surface area (TPSA) is 101 Å². The molecule has 0 aliphatic carbocycles. The average molecular weight is 408 g/mol. The molecule has 148 valence electrons. The fraction of sp³-hybridized carbons (Fsp3) is 0.0952. The number of aryl methyl sites for hydroxylation is 2. The second-order valence-corrected chi connectivity index (χ2v) is 8.07. The van der Waals surface area contributed by atoms with E-state index >= 15 is 0 Å². The molecule has 2 aromatic carbocycles. The number of nitrogens with one attached hydrogen (secondary N) is 2. The van der Waals surface area contributed by atoms with Gasteiger partial charge in [-0.05, 0) is 55.8 Å². The van der Waals surface area contributed by atoms with Gasteiger partial charge in [0.2, 0.25) is 11.9 Å². The zero-order valence-electron chi connectivity index (χ0n) is 16.0. The molecule has 0 saturated carbocycles. The fourth-order valence-electron chi connectivity index (χ4n) is 2.43. The van der Waals surface area contributed by atoms with Crippen LogP contribution in [0.2, 0.25) is 0 Å². The molecule has 1 heterocycles. The summed E-state index contributed by atoms with van der Waals surface area (Å²) in [6.07, 6.45) is 4.61. The first-order valence-corrected chi connectivity index (χ1v) is 10.3. The van der Waals surface area contributed by atoms with E-state index in [1.807, 2.05) is 31.2 Å². The molecule has 1 aromatic heterocycles. The van der Waals surface area contributed by atoms with E-state index in [9.17, 15) is 13.2 Å². The number of hydrogen-bond acceptors (Lipinski definition) is 5. The quantitative estimate of drug-likeness (QED) is 0.608. The van der Waals surface area contributed by atoms with Crippen LogP contribution in [-0.4, -0.2) is 24.3 Å². The highest BCUT2D eigenvalue weighted by molar-refractivity contribution is 7.92. The second-order valence-electron chi connectivity index (χ2n) is 6.38. The van der Waals surface area contributed by atoms with E-state index in [-0.39, 0.29) is 16.8 Å². The summed E-state index contributed by atoms with van der Waals surface area (Å²) in [7, 11) is -3.83. The molecule has 8 heteroatoms. The fourth-order valence-corrected chi connectivity index (χ4v) is 3.38. The predicted octanol–water partition coefficient (Wildman–Crippen LogP) is 3.55. The Balaban J connectivity index is 1.64. The lowest BCUT2D eigenvalue weighted by Gasteiger charge is -2.08. The Morgan fingerprint density at radius 1 is 0.966 bits per heavy atom. The largest absolute Gasteiger partial charge is 0.323 e. The Bertz CT molecular complexity index is 1140. The van der Waals surface area contributed by atoms with Gasteiger partial charge in [-0.2, -0.15) is 0 Å². The number of benzene rings is 2. The van der Waals surface area contributed by atoms with Crippen molar-refractivity contribution < 1.29 is 13.2 Å². The van der Waals surface area contributed by atoms with E-state index in [0.29, 0.717) is 11.4 Å². The van der Waals surface area contributed by atoms with Gasteiger partial charge >= 0.3 is 0 Å². The van der Waals surface area contributed by atoms with Crippen LogP contribution in [0.3, 0.4) is 0 Å². The van der Waals surface area contributed by atoms with Gasteiger partial charge in [0.25, 0.3) is 10.0 Å². The average Bonchev–Trinajstić information content (AvgIpc) is 2.68. The minimum absolute atomic E-state index is 0.00335. The van der Waals surface area contributed by atoms with Gasteiger partial charge in [-0.1, -0.05) is 29.8 Å². The molecule has 2 N–H and O–H groups in total. The van der Waals surface area contributed by atoms with Gasteiger partial charge < -0.3 is 5.32 Å². The van der Waals surface area contributed by atoms with Crippen molar-refractivity contribution in [2.75, 3.05) is 10.0 Å². The van der Waals surface area contributed by atoms with Crippen LogP contribution < -0.4 is 10.0 Å². The standard InChI is InChI=1S/C21H20N4O3S/c1-15-3-5-17(6-4-15)7-12-20(26)24-18-8-10-19(11-9-18)29(27,28)25-21-22-14-13-16(2)23-21/h3-14H,1-2H3,(H,24,26)(H,22,23,25). The van der Waals surface area contributed by atoms with Crippen molar-refractivity contribution in [1.82, 2.24) is 9.97 Å². The maximum atomic E-state index is 12.4. The summed E-state index contributed by atoms with van der Waals surface area (Å²) in [4.78, 5) is 20.0. The van der Waals surface area contributed by atoms with Crippen LogP contribution in [0.5, 0.6) is 0 Å². The molecule has 0 fully saturated rings.